The van der Waals surface area contributed by atoms with Crippen molar-refractivity contribution in [3.63, 3.8) is 0 Å². The molecule has 0 aliphatic carbocycles. The zero-order valence-corrected chi connectivity index (χ0v) is 18.7. The van der Waals surface area contributed by atoms with E-state index in [-0.39, 0.29) is 41.8 Å². The third-order valence-corrected chi connectivity index (χ3v) is 7.54. The molecule has 0 radical (unpaired) electrons. The number of hydrogen-bond acceptors (Lipinski definition) is 4. The van der Waals surface area contributed by atoms with Crippen LogP contribution in [0.1, 0.15) is 43.5 Å². The van der Waals surface area contributed by atoms with E-state index in [1.807, 2.05) is 13.8 Å². The highest BCUT2D eigenvalue weighted by molar-refractivity contribution is 7.89. The third-order valence-electron chi connectivity index (χ3n) is 5.63. The summed E-state index contributed by atoms with van der Waals surface area (Å²) in [4.78, 5) is 25.6. The number of nitrogens with one attached hydrogen (secondary N) is 2. The van der Waals surface area contributed by atoms with Gasteiger partial charge >= 0.3 is 0 Å². The highest BCUT2D eigenvalue weighted by Gasteiger charge is 2.32. The van der Waals surface area contributed by atoms with Crippen LogP contribution < -0.4 is 10.6 Å². The van der Waals surface area contributed by atoms with Crippen molar-refractivity contribution in [1.82, 2.24) is 9.62 Å². The first kappa shape index (κ1) is 23.0. The minimum absolute atomic E-state index is 0.0344. The molecule has 31 heavy (non-hydrogen) atoms. The summed E-state index contributed by atoms with van der Waals surface area (Å²) in [5, 5.41) is 5.78. The van der Waals surface area contributed by atoms with Crippen molar-refractivity contribution in [3.05, 3.63) is 60.2 Å². The fraction of sp³-hybridized carbons (Fsp3) is 0.391. The van der Waals surface area contributed by atoms with Crippen LogP contribution in [-0.2, 0) is 14.8 Å². The lowest BCUT2D eigenvalue weighted by molar-refractivity contribution is -0.120. The van der Waals surface area contributed by atoms with Gasteiger partial charge in [-0.2, -0.15) is 4.31 Å². The van der Waals surface area contributed by atoms with Crippen LogP contribution in [0.4, 0.5) is 5.69 Å². The van der Waals surface area contributed by atoms with Crippen molar-refractivity contribution in [3.8, 4) is 0 Å². The normalized spacial score (nSPS) is 16.5. The first-order valence-corrected chi connectivity index (χ1v) is 12.0. The Labute approximate surface area is 183 Å². The summed E-state index contributed by atoms with van der Waals surface area (Å²) in [5.41, 5.74) is 0.882. The zero-order chi connectivity index (χ0) is 22.4. The van der Waals surface area contributed by atoms with E-state index in [2.05, 4.69) is 10.6 Å². The van der Waals surface area contributed by atoms with Crippen LogP contribution in [0, 0.1) is 5.92 Å². The van der Waals surface area contributed by atoms with Crippen molar-refractivity contribution < 1.29 is 18.0 Å². The summed E-state index contributed by atoms with van der Waals surface area (Å²) in [6.45, 7) is 4.48. The van der Waals surface area contributed by atoms with Gasteiger partial charge in [0.15, 0.2) is 0 Å². The third kappa shape index (κ3) is 5.51. The zero-order valence-electron chi connectivity index (χ0n) is 17.9. The molecule has 1 aliphatic rings. The number of benzene rings is 2. The van der Waals surface area contributed by atoms with Gasteiger partial charge in [0.05, 0.1) is 16.1 Å². The second kappa shape index (κ2) is 10.1. The standard InChI is InChI=1S/C23H29N3O4S/c1-3-17(2)24-23(28)20-11-7-8-12-21(20)25-22(27)18-13-15-26(16-14-18)31(29,30)19-9-5-4-6-10-19/h4-12,17-18H,3,13-16H2,1-2H3,(H,24,28)(H,25,27)/t17-/m0/s1. The van der Waals surface area contributed by atoms with Crippen molar-refractivity contribution in [2.45, 2.75) is 44.0 Å². The molecule has 1 fully saturated rings. The topological polar surface area (TPSA) is 95.6 Å². The maximum atomic E-state index is 12.8. The minimum Gasteiger partial charge on any atom is -0.350 e. The molecule has 0 spiro atoms. The van der Waals surface area contributed by atoms with Gasteiger partial charge in [0.1, 0.15) is 0 Å². The Morgan fingerprint density at radius 2 is 1.65 bits per heavy atom. The monoisotopic (exact) mass is 443 g/mol. The minimum atomic E-state index is -3.55. The Hall–Kier alpha value is -2.71. The second-order valence-corrected chi connectivity index (χ2v) is 9.75. The number of carbonyl (C=O) groups is 2. The molecule has 0 aromatic heterocycles. The Kier molecular flexibility index (Phi) is 7.46. The van der Waals surface area contributed by atoms with E-state index in [0.29, 0.717) is 24.1 Å². The van der Waals surface area contributed by atoms with Gasteiger partial charge in [-0.1, -0.05) is 37.3 Å². The van der Waals surface area contributed by atoms with Crippen molar-refractivity contribution in [2.75, 3.05) is 18.4 Å². The van der Waals surface area contributed by atoms with E-state index < -0.39 is 10.0 Å². The average molecular weight is 444 g/mol. The van der Waals surface area contributed by atoms with Gasteiger partial charge in [0.25, 0.3) is 5.91 Å². The number of piperidine rings is 1. The van der Waals surface area contributed by atoms with Gasteiger partial charge in [-0.15, -0.1) is 0 Å². The molecule has 3 rings (SSSR count). The molecule has 0 saturated carbocycles. The molecule has 1 aliphatic heterocycles. The molecule has 1 atom stereocenters. The fourth-order valence-corrected chi connectivity index (χ4v) is 5.02. The molecule has 1 heterocycles. The molecule has 2 aromatic carbocycles. The number of para-hydroxylation sites is 1. The van der Waals surface area contributed by atoms with Gasteiger partial charge < -0.3 is 10.6 Å². The van der Waals surface area contributed by atoms with E-state index in [9.17, 15) is 18.0 Å². The predicted molar refractivity (Wildman–Crippen MR) is 120 cm³/mol. The van der Waals surface area contributed by atoms with Crippen molar-refractivity contribution in [1.29, 1.82) is 0 Å². The lowest BCUT2D eigenvalue weighted by atomic mass is 9.97. The van der Waals surface area contributed by atoms with Crippen molar-refractivity contribution >= 4 is 27.5 Å². The fourth-order valence-electron chi connectivity index (χ4n) is 3.53. The molecular weight excluding hydrogens is 414 g/mol. The van der Waals surface area contributed by atoms with Crippen LogP contribution in [0.25, 0.3) is 0 Å². The predicted octanol–water partition coefficient (Wildman–Crippen LogP) is 3.25. The summed E-state index contributed by atoms with van der Waals surface area (Å²) in [7, 11) is -3.55. The molecule has 2 amide bonds. The summed E-state index contributed by atoms with van der Waals surface area (Å²) < 4.78 is 27.0. The molecule has 2 aromatic rings. The van der Waals surface area contributed by atoms with Gasteiger partial charge in [0.2, 0.25) is 15.9 Å². The van der Waals surface area contributed by atoms with Crippen LogP contribution >= 0.6 is 0 Å². The highest BCUT2D eigenvalue weighted by Crippen LogP contribution is 2.25. The molecule has 2 N–H and O–H groups in total. The average Bonchev–Trinajstić information content (AvgIpc) is 2.80. The van der Waals surface area contributed by atoms with E-state index in [0.717, 1.165) is 6.42 Å². The first-order valence-electron chi connectivity index (χ1n) is 10.6. The molecule has 8 heteroatoms. The maximum Gasteiger partial charge on any atom is 0.253 e. The Morgan fingerprint density at radius 1 is 1.03 bits per heavy atom. The Balaban J connectivity index is 1.63. The van der Waals surface area contributed by atoms with Gasteiger partial charge in [-0.25, -0.2) is 8.42 Å². The summed E-state index contributed by atoms with van der Waals surface area (Å²) in [6, 6.07) is 15.3. The van der Waals surface area contributed by atoms with Crippen LogP contribution in [-0.4, -0.2) is 43.7 Å². The van der Waals surface area contributed by atoms with Crippen LogP contribution in [0.5, 0.6) is 0 Å². The second-order valence-electron chi connectivity index (χ2n) is 7.81. The maximum absolute atomic E-state index is 12.8. The summed E-state index contributed by atoms with van der Waals surface area (Å²) >= 11 is 0. The van der Waals surface area contributed by atoms with Crippen LogP contribution in [0.15, 0.2) is 59.5 Å². The Bertz CT molecular complexity index is 1020. The largest absolute Gasteiger partial charge is 0.350 e. The van der Waals surface area contributed by atoms with E-state index in [1.165, 1.54) is 4.31 Å². The smallest absolute Gasteiger partial charge is 0.253 e. The summed E-state index contributed by atoms with van der Waals surface area (Å²) in [6.07, 6.45) is 1.67. The van der Waals surface area contributed by atoms with E-state index in [1.54, 1.807) is 54.6 Å². The lowest BCUT2D eigenvalue weighted by Gasteiger charge is -2.30. The number of amides is 2. The summed E-state index contributed by atoms with van der Waals surface area (Å²) in [5.74, 6) is -0.734. The molecular formula is C23H29N3O4S. The van der Waals surface area contributed by atoms with Gasteiger partial charge in [0, 0.05) is 25.0 Å². The molecule has 7 nitrogen and oxygen atoms in total. The number of sulfonamides is 1. The molecule has 1 saturated heterocycles. The quantitative estimate of drug-likeness (QED) is 0.687. The Morgan fingerprint density at radius 3 is 2.29 bits per heavy atom. The number of rotatable bonds is 7. The number of carbonyl (C=O) groups excluding carboxylic acids is 2. The van der Waals surface area contributed by atoms with E-state index >= 15 is 0 Å². The molecule has 0 bridgehead atoms. The number of nitrogens with zero attached hydrogens (tertiary/aromatic N) is 1. The highest BCUT2D eigenvalue weighted by atomic mass is 32.2. The molecule has 166 valence electrons. The van der Waals surface area contributed by atoms with Crippen molar-refractivity contribution in [2.24, 2.45) is 5.92 Å². The first-order chi connectivity index (χ1) is 14.8. The van der Waals surface area contributed by atoms with Gasteiger partial charge in [-0.05, 0) is 50.5 Å². The number of anilines is 1. The SMILES string of the molecule is CC[C@H](C)NC(=O)c1ccccc1NC(=O)C1CCN(S(=O)(=O)c2ccccc2)CC1. The lowest BCUT2D eigenvalue weighted by Crippen LogP contribution is -2.41. The van der Waals surface area contributed by atoms with Gasteiger partial charge in [-0.3, -0.25) is 9.59 Å². The molecule has 0 unspecified atom stereocenters. The van der Waals surface area contributed by atoms with Crippen LogP contribution in [0.3, 0.4) is 0 Å². The van der Waals surface area contributed by atoms with Crippen LogP contribution in [0.2, 0.25) is 0 Å². The van der Waals surface area contributed by atoms with E-state index in [4.69, 9.17) is 0 Å². The number of hydrogen-bond donors (Lipinski definition) is 2.